The van der Waals surface area contributed by atoms with Crippen LogP contribution >= 0.6 is 11.8 Å². The molecule has 0 bridgehead atoms. The van der Waals surface area contributed by atoms with Crippen LogP contribution in [-0.2, 0) is 23.9 Å². The Labute approximate surface area is 218 Å². The highest BCUT2D eigenvalue weighted by Gasteiger charge is 2.42. The number of hydrogen-bond donors (Lipinski definition) is 1. The lowest BCUT2D eigenvalue weighted by Gasteiger charge is -2.34. The number of amides is 1. The fraction of sp³-hybridized carbons (Fsp3) is 0.893. The van der Waals surface area contributed by atoms with Crippen LogP contribution in [0.25, 0.3) is 0 Å². The number of esters is 2. The summed E-state index contributed by atoms with van der Waals surface area (Å²) in [6, 6.07) is 0. The largest absolute Gasteiger partial charge is 0.461 e. The van der Waals surface area contributed by atoms with Gasteiger partial charge in [-0.25, -0.2) is 0 Å². The van der Waals surface area contributed by atoms with Gasteiger partial charge in [0.15, 0.2) is 0 Å². The van der Waals surface area contributed by atoms with Crippen molar-refractivity contribution < 1.29 is 23.9 Å². The summed E-state index contributed by atoms with van der Waals surface area (Å²) in [7, 11) is 0. The van der Waals surface area contributed by atoms with E-state index in [1.807, 2.05) is 6.92 Å². The van der Waals surface area contributed by atoms with Crippen LogP contribution in [0.4, 0.5) is 0 Å². The molecular formula is C28H51NO5S. The first-order valence-electron chi connectivity index (χ1n) is 14.3. The van der Waals surface area contributed by atoms with Crippen LogP contribution in [0.15, 0.2) is 0 Å². The van der Waals surface area contributed by atoms with Crippen molar-refractivity contribution in [1.82, 2.24) is 0 Å². The van der Waals surface area contributed by atoms with Crippen molar-refractivity contribution >= 4 is 29.6 Å². The van der Waals surface area contributed by atoms with Gasteiger partial charge in [0, 0.05) is 0 Å². The first kappa shape index (κ1) is 31.8. The molecular weight excluding hydrogens is 462 g/mol. The molecule has 1 heterocycles. The average molecular weight is 514 g/mol. The van der Waals surface area contributed by atoms with Crippen LogP contribution in [-0.4, -0.2) is 41.6 Å². The van der Waals surface area contributed by atoms with Crippen LogP contribution in [0, 0.1) is 5.92 Å². The number of rotatable bonds is 24. The summed E-state index contributed by atoms with van der Waals surface area (Å²) in [6.07, 6.45) is 21.9. The molecule has 1 amide bonds. The number of cyclic esters (lactones) is 1. The van der Waals surface area contributed by atoms with Crippen LogP contribution in [0.1, 0.15) is 129 Å². The highest BCUT2D eigenvalue weighted by molar-refractivity contribution is 8.01. The highest BCUT2D eigenvalue weighted by atomic mass is 32.2. The molecule has 0 unspecified atom stereocenters. The molecule has 0 aromatic rings. The van der Waals surface area contributed by atoms with Gasteiger partial charge in [-0.05, 0) is 12.8 Å². The minimum Gasteiger partial charge on any atom is -0.461 e. The topological polar surface area (TPSA) is 95.7 Å². The van der Waals surface area contributed by atoms with Crippen molar-refractivity contribution in [3.63, 3.8) is 0 Å². The monoisotopic (exact) mass is 513 g/mol. The van der Waals surface area contributed by atoms with E-state index in [2.05, 4.69) is 6.92 Å². The third-order valence-corrected chi connectivity index (χ3v) is 8.14. The molecule has 6 nitrogen and oxygen atoms in total. The lowest BCUT2D eigenvalue weighted by atomic mass is 9.95. The number of primary amides is 1. The minimum atomic E-state index is -0.432. The van der Waals surface area contributed by atoms with E-state index in [-0.39, 0.29) is 36.3 Å². The lowest BCUT2D eigenvalue weighted by Crippen LogP contribution is -2.48. The second kappa shape index (κ2) is 20.9. The normalized spacial score (nSPS) is 18.1. The van der Waals surface area contributed by atoms with Crippen molar-refractivity contribution in [1.29, 1.82) is 0 Å². The Morgan fingerprint density at radius 3 is 1.77 bits per heavy atom. The van der Waals surface area contributed by atoms with Gasteiger partial charge >= 0.3 is 11.9 Å². The fourth-order valence-corrected chi connectivity index (χ4v) is 5.47. The van der Waals surface area contributed by atoms with Gasteiger partial charge in [-0.3, -0.25) is 14.4 Å². The zero-order valence-electron chi connectivity index (χ0n) is 22.4. The standard InChI is InChI=1S/C28H51NO5S/c1-3-5-6-7-8-9-10-11-12-13-14-15-16-17-18-19-20-25(35-22-26(29)30)28(32)33-21-24-23(4-2)27(31)34-24/h23-25H,3-22H2,1-2H3,(H2,29,30)/t23-,24+,25-/m0/s1. The predicted octanol–water partition coefficient (Wildman–Crippen LogP) is 6.72. The van der Waals surface area contributed by atoms with Gasteiger partial charge in [-0.15, -0.1) is 11.8 Å². The molecule has 0 aromatic heterocycles. The fourth-order valence-electron chi connectivity index (χ4n) is 4.56. The Bertz CT molecular complexity index is 586. The van der Waals surface area contributed by atoms with Crippen molar-refractivity contribution in [3.05, 3.63) is 0 Å². The number of ether oxygens (including phenoxy) is 2. The van der Waals surface area contributed by atoms with Gasteiger partial charge in [0.1, 0.15) is 18.0 Å². The maximum atomic E-state index is 12.5. The summed E-state index contributed by atoms with van der Waals surface area (Å²) in [5.41, 5.74) is 5.27. The van der Waals surface area contributed by atoms with Gasteiger partial charge in [0.05, 0.1) is 11.7 Å². The number of carbonyl (C=O) groups excluding carboxylic acids is 3. The maximum Gasteiger partial charge on any atom is 0.319 e. The third kappa shape index (κ3) is 15.5. The van der Waals surface area contributed by atoms with Crippen LogP contribution < -0.4 is 5.73 Å². The van der Waals surface area contributed by atoms with Crippen LogP contribution in [0.3, 0.4) is 0 Å². The Kier molecular flexibility index (Phi) is 19.0. The second-order valence-electron chi connectivity index (χ2n) is 9.98. The van der Waals surface area contributed by atoms with Gasteiger partial charge < -0.3 is 15.2 Å². The van der Waals surface area contributed by atoms with Crippen molar-refractivity contribution in [2.45, 2.75) is 141 Å². The summed E-state index contributed by atoms with van der Waals surface area (Å²) in [5, 5.41) is -0.398. The highest BCUT2D eigenvalue weighted by Crippen LogP contribution is 2.27. The zero-order chi connectivity index (χ0) is 25.7. The molecule has 1 saturated heterocycles. The van der Waals surface area contributed by atoms with Gasteiger partial charge in [0.2, 0.25) is 5.91 Å². The molecule has 0 radical (unpaired) electrons. The summed E-state index contributed by atoms with van der Waals surface area (Å²) in [4.78, 5) is 35.1. The predicted molar refractivity (Wildman–Crippen MR) is 144 cm³/mol. The molecule has 1 aliphatic heterocycles. The van der Waals surface area contributed by atoms with E-state index in [1.54, 1.807) is 0 Å². The molecule has 0 saturated carbocycles. The molecule has 1 aliphatic rings. The first-order chi connectivity index (χ1) is 17.0. The van der Waals surface area contributed by atoms with Crippen molar-refractivity contribution in [3.8, 4) is 0 Å². The Hall–Kier alpha value is -1.24. The summed E-state index contributed by atoms with van der Waals surface area (Å²) in [6.45, 7) is 4.28. The Balaban J connectivity index is 2.05. The zero-order valence-corrected chi connectivity index (χ0v) is 23.2. The molecule has 1 fully saturated rings. The molecule has 2 N–H and O–H groups in total. The Morgan fingerprint density at radius 1 is 0.857 bits per heavy atom. The molecule has 1 rings (SSSR count). The van der Waals surface area contributed by atoms with Gasteiger partial charge in [0.25, 0.3) is 0 Å². The Morgan fingerprint density at radius 2 is 1.34 bits per heavy atom. The van der Waals surface area contributed by atoms with Gasteiger partial charge in [-0.2, -0.15) is 0 Å². The number of nitrogens with two attached hydrogens (primary N) is 1. The quantitative estimate of drug-likeness (QED) is 0.114. The summed E-state index contributed by atoms with van der Waals surface area (Å²) < 4.78 is 10.5. The molecule has 35 heavy (non-hydrogen) atoms. The van der Waals surface area contributed by atoms with E-state index in [0.29, 0.717) is 12.8 Å². The lowest BCUT2D eigenvalue weighted by molar-refractivity contribution is -0.193. The molecule has 0 spiro atoms. The number of unbranched alkanes of at least 4 members (excludes halogenated alkanes) is 15. The molecule has 7 heteroatoms. The van der Waals surface area contributed by atoms with Crippen molar-refractivity contribution in [2.75, 3.05) is 12.4 Å². The van der Waals surface area contributed by atoms with E-state index in [4.69, 9.17) is 15.2 Å². The van der Waals surface area contributed by atoms with E-state index in [0.717, 1.165) is 12.8 Å². The van der Waals surface area contributed by atoms with Crippen LogP contribution in [0.5, 0.6) is 0 Å². The molecule has 204 valence electrons. The number of hydrogen-bond acceptors (Lipinski definition) is 6. The number of carbonyl (C=O) groups is 3. The van der Waals surface area contributed by atoms with E-state index >= 15 is 0 Å². The van der Waals surface area contributed by atoms with E-state index < -0.39 is 11.2 Å². The van der Waals surface area contributed by atoms with Gasteiger partial charge in [-0.1, -0.05) is 117 Å². The average Bonchev–Trinajstić information content (AvgIpc) is 2.83. The minimum absolute atomic E-state index is 0.0929. The third-order valence-electron chi connectivity index (χ3n) is 6.86. The molecule has 3 atom stereocenters. The second-order valence-corrected chi connectivity index (χ2v) is 11.2. The summed E-state index contributed by atoms with van der Waals surface area (Å²) >= 11 is 1.25. The summed E-state index contributed by atoms with van der Waals surface area (Å²) in [5.74, 6) is -1.07. The van der Waals surface area contributed by atoms with E-state index in [9.17, 15) is 14.4 Å². The van der Waals surface area contributed by atoms with E-state index in [1.165, 1.54) is 102 Å². The van der Waals surface area contributed by atoms with Crippen LogP contribution in [0.2, 0.25) is 0 Å². The molecule has 0 aromatic carbocycles. The smallest absolute Gasteiger partial charge is 0.319 e. The maximum absolute atomic E-state index is 12.5. The first-order valence-corrected chi connectivity index (χ1v) is 15.3. The number of thioether (sulfide) groups is 1. The van der Waals surface area contributed by atoms with Crippen molar-refractivity contribution in [2.24, 2.45) is 11.7 Å². The SMILES string of the molecule is CCCCCCCCCCCCCCCCCC[C@H](SCC(N)=O)C(=O)OC[C@H]1OC(=O)[C@H]1CC. The molecule has 0 aliphatic carbocycles.